The number of carbonyl (C=O) groups excluding carboxylic acids is 15. The quantitative estimate of drug-likeness (QED) is 0.0164. The minimum atomic E-state index is -2.00. The van der Waals surface area contributed by atoms with Crippen LogP contribution in [0.5, 0.6) is 0 Å². The summed E-state index contributed by atoms with van der Waals surface area (Å²) in [7, 11) is 0. The first-order valence-electron chi connectivity index (χ1n) is 35.2. The van der Waals surface area contributed by atoms with E-state index in [1.165, 1.54) is 18.7 Å². The SMILES string of the molecule is CC(C)[C@H](NC(=O)[C@H](CC(N)=O)NC(=O)[C@H](CO)NC(=O)[C@@H](NC(=O)[C@H](C)NC(=O)[C@H](CCCN=C(N)N)NC(=O)[C@H](CCC(N)=O)NC(=O)[C@@H]1CCCN1C(=O)[C@H](CCCN=C(N)N)NC(=O)[C@H](CCCCN)NC(=O)[C@@H](N)CCCCN)[C@@H](C)O)C(=O)N[C@@H](Cc1ccccc1)C(=O)N[C@@H](CO)C(N)=O. The maximum Gasteiger partial charge on any atom is 0.245 e. The third-order valence-electron chi connectivity index (χ3n) is 16.8. The van der Waals surface area contributed by atoms with E-state index in [-0.39, 0.29) is 95.9 Å². The lowest BCUT2D eigenvalue weighted by atomic mass is 10.00. The average molecular weight is 1520 g/mol. The number of aliphatic hydroxyl groups is 3. The van der Waals surface area contributed by atoms with Crippen molar-refractivity contribution in [1.82, 2.24) is 63.4 Å². The van der Waals surface area contributed by atoms with Gasteiger partial charge in [0.05, 0.1) is 31.8 Å². The molecule has 0 bridgehead atoms. The van der Waals surface area contributed by atoms with Crippen molar-refractivity contribution < 1.29 is 87.2 Å². The Morgan fingerprint density at radius 2 is 0.925 bits per heavy atom. The monoisotopic (exact) mass is 1520 g/mol. The highest BCUT2D eigenvalue weighted by molar-refractivity contribution is 6.01. The zero-order valence-electron chi connectivity index (χ0n) is 60.9. The van der Waals surface area contributed by atoms with Gasteiger partial charge in [0.25, 0.3) is 0 Å². The van der Waals surface area contributed by atoms with Gasteiger partial charge in [-0.05, 0) is 115 Å². The van der Waals surface area contributed by atoms with Crippen LogP contribution in [0.2, 0.25) is 0 Å². The zero-order valence-corrected chi connectivity index (χ0v) is 60.9. The Hall–Kier alpha value is -10.4. The Morgan fingerprint density at radius 1 is 0.477 bits per heavy atom. The Bertz CT molecular complexity index is 3210. The molecule has 1 saturated heterocycles. The van der Waals surface area contributed by atoms with E-state index >= 15 is 0 Å². The van der Waals surface area contributed by atoms with Crippen molar-refractivity contribution in [2.45, 2.75) is 215 Å². The predicted octanol–water partition coefficient (Wildman–Crippen LogP) is -11.1. The highest BCUT2D eigenvalue weighted by Crippen LogP contribution is 2.21. The first-order chi connectivity index (χ1) is 50.5. The van der Waals surface area contributed by atoms with Crippen LogP contribution in [0.3, 0.4) is 0 Å². The molecule has 1 heterocycles. The van der Waals surface area contributed by atoms with Gasteiger partial charge in [0, 0.05) is 32.5 Å². The molecule has 107 heavy (non-hydrogen) atoms. The van der Waals surface area contributed by atoms with Crippen molar-refractivity contribution in [2.24, 2.45) is 73.2 Å². The largest absolute Gasteiger partial charge is 0.394 e. The second-order valence-corrected chi connectivity index (χ2v) is 26.1. The van der Waals surface area contributed by atoms with Crippen molar-refractivity contribution >= 4 is 101 Å². The molecular weight excluding hydrogens is 1400 g/mol. The molecule has 14 atom stereocenters. The molecule has 1 aromatic carbocycles. The molecule has 1 aliphatic heterocycles. The summed E-state index contributed by atoms with van der Waals surface area (Å²) in [5.74, 6) is -16.5. The lowest BCUT2D eigenvalue weighted by Gasteiger charge is -2.31. The predicted molar refractivity (Wildman–Crippen MR) is 388 cm³/mol. The molecule has 0 aliphatic carbocycles. The van der Waals surface area contributed by atoms with E-state index in [2.05, 4.69) is 68.5 Å². The molecule has 1 aliphatic rings. The molecule has 0 unspecified atom stereocenters. The molecule has 42 heteroatoms. The van der Waals surface area contributed by atoms with E-state index in [4.69, 9.17) is 57.3 Å². The minimum Gasteiger partial charge on any atom is -0.394 e. The van der Waals surface area contributed by atoms with E-state index in [0.29, 0.717) is 37.8 Å². The second-order valence-electron chi connectivity index (χ2n) is 26.1. The number of rotatable bonds is 51. The van der Waals surface area contributed by atoms with E-state index in [1.807, 2.05) is 0 Å². The Labute approximate surface area is 619 Å². The van der Waals surface area contributed by atoms with Gasteiger partial charge in [-0.2, -0.15) is 0 Å². The molecule has 34 N–H and O–H groups in total. The van der Waals surface area contributed by atoms with Crippen molar-refractivity contribution in [3.8, 4) is 0 Å². The summed E-state index contributed by atoms with van der Waals surface area (Å²) in [6.07, 6.45) is -1.23. The highest BCUT2D eigenvalue weighted by atomic mass is 16.3. The maximum atomic E-state index is 14.6. The smallest absolute Gasteiger partial charge is 0.245 e. The first-order valence-corrected chi connectivity index (χ1v) is 35.2. The number of nitrogens with two attached hydrogens (primary N) is 10. The van der Waals surface area contributed by atoms with Gasteiger partial charge in [0.1, 0.15) is 72.5 Å². The Morgan fingerprint density at radius 3 is 1.45 bits per heavy atom. The molecule has 2 rings (SSSR count). The standard InChI is InChI=1S/C65H112N24O18/c1-33(2)49(61(105)84-42(29-36-15-6-5-7-16-36)57(101)85-44(31-90)51(71)95)87-58(102)43(30-48(70)94)83-59(103)45(32-91)86-62(106)50(35(4)92)88-52(96)34(3)78-54(98)39(19-12-26-76-64(72)73)80-56(100)40(22-23-47(69)93)81-60(104)46-21-14-28-89(46)63(107)41(20-13-27-77-65(74)75)82-55(99)38(18-9-11-25-67)79-53(97)37(68)17-8-10-24-66/h5-7,15-16,33-35,37-46,49-50,90-92H,8-14,17-32,66-68H2,1-4H3,(H2,69,93)(H2,70,94)(H2,71,95)(H,78,98)(H,79,97)(H,80,100)(H,81,104)(H,82,99)(H,83,103)(H,84,105)(H,85,101)(H,86,106)(H,87,102)(H,88,96)(H4,72,73,76)(H4,74,75,77)/t34-,35+,37-,38-,39-,40-,41-,42-,43-,44-,45-,46-,49-,50-/m0/s1. The Kier molecular flexibility index (Phi) is 42.1. The fraction of sp³-hybridized carbons (Fsp3) is 0.646. The van der Waals surface area contributed by atoms with Crippen LogP contribution >= 0.6 is 0 Å². The summed E-state index contributed by atoms with van der Waals surface area (Å²) in [6.45, 7) is 3.67. The first kappa shape index (κ1) is 92.7. The molecule has 600 valence electrons. The van der Waals surface area contributed by atoms with Gasteiger partial charge in [0.2, 0.25) is 88.6 Å². The number of aliphatic hydroxyl groups excluding tert-OH is 3. The van der Waals surface area contributed by atoms with Crippen LogP contribution in [0.1, 0.15) is 130 Å². The normalized spacial score (nSPS) is 16.1. The fourth-order valence-electron chi connectivity index (χ4n) is 10.9. The average Bonchev–Trinajstić information content (AvgIpc) is 1.81. The number of benzene rings is 1. The molecule has 15 amide bonds. The lowest BCUT2D eigenvalue weighted by molar-refractivity contribution is -0.142. The van der Waals surface area contributed by atoms with Crippen LogP contribution in [0, 0.1) is 5.92 Å². The van der Waals surface area contributed by atoms with Gasteiger partial charge in [-0.3, -0.25) is 81.9 Å². The number of hydrogen-bond acceptors (Lipinski definition) is 23. The maximum absolute atomic E-state index is 14.6. The molecule has 0 saturated carbocycles. The number of guanidine groups is 2. The zero-order chi connectivity index (χ0) is 80.6. The summed E-state index contributed by atoms with van der Waals surface area (Å²) in [6, 6.07) is -11.7. The second kappa shape index (κ2) is 48.6. The van der Waals surface area contributed by atoms with Crippen molar-refractivity contribution in [3.63, 3.8) is 0 Å². The molecule has 0 spiro atoms. The van der Waals surface area contributed by atoms with Gasteiger partial charge in [-0.25, -0.2) is 0 Å². The highest BCUT2D eigenvalue weighted by Gasteiger charge is 2.42. The van der Waals surface area contributed by atoms with Crippen LogP contribution in [0.15, 0.2) is 40.3 Å². The van der Waals surface area contributed by atoms with E-state index < -0.39 is 212 Å². The van der Waals surface area contributed by atoms with Crippen molar-refractivity contribution in [1.29, 1.82) is 0 Å². The molecule has 0 aromatic heterocycles. The number of carbonyl (C=O) groups is 15. The van der Waals surface area contributed by atoms with Gasteiger partial charge in [-0.15, -0.1) is 0 Å². The number of amides is 15. The minimum absolute atomic E-state index is 0.00799. The molecule has 1 aromatic rings. The summed E-state index contributed by atoms with van der Waals surface area (Å²) >= 11 is 0. The third-order valence-corrected chi connectivity index (χ3v) is 16.8. The molecule has 0 radical (unpaired) electrons. The number of primary amides is 3. The molecule has 42 nitrogen and oxygen atoms in total. The Balaban J connectivity index is 2.40. The third kappa shape index (κ3) is 34.1. The van der Waals surface area contributed by atoms with Crippen LogP contribution in [-0.2, 0) is 78.3 Å². The van der Waals surface area contributed by atoms with Crippen LogP contribution in [0.25, 0.3) is 0 Å². The number of likely N-dealkylation sites (tertiary alicyclic amines) is 1. The van der Waals surface area contributed by atoms with E-state index in [9.17, 15) is 87.2 Å². The number of unbranched alkanes of at least 4 members (excludes halogenated alkanes) is 2. The summed E-state index contributed by atoms with van der Waals surface area (Å²) < 4.78 is 0. The summed E-state index contributed by atoms with van der Waals surface area (Å²) in [4.78, 5) is 213. The van der Waals surface area contributed by atoms with E-state index in [0.717, 1.165) is 13.8 Å². The lowest BCUT2D eigenvalue weighted by Crippen LogP contribution is -2.62. The number of aliphatic imine (C=N–C) groups is 2. The van der Waals surface area contributed by atoms with Crippen molar-refractivity contribution in [2.75, 3.05) is 45.9 Å². The number of nitrogens with one attached hydrogen (secondary N) is 11. The summed E-state index contributed by atoms with van der Waals surface area (Å²) in [5, 5.41) is 57.3. The molecule has 1 fully saturated rings. The van der Waals surface area contributed by atoms with Gasteiger partial charge >= 0.3 is 0 Å². The number of nitrogens with zero attached hydrogens (tertiary/aromatic N) is 3. The van der Waals surface area contributed by atoms with E-state index in [1.54, 1.807) is 30.3 Å². The van der Waals surface area contributed by atoms with Gasteiger partial charge in [-0.1, -0.05) is 50.6 Å². The fourth-order valence-corrected chi connectivity index (χ4v) is 10.9. The summed E-state index contributed by atoms with van der Waals surface area (Å²) in [5.41, 5.74) is 56.3. The van der Waals surface area contributed by atoms with Crippen LogP contribution < -0.4 is 116 Å². The van der Waals surface area contributed by atoms with Gasteiger partial charge < -0.3 is 136 Å². The van der Waals surface area contributed by atoms with Crippen molar-refractivity contribution in [3.05, 3.63) is 35.9 Å². The van der Waals surface area contributed by atoms with Crippen LogP contribution in [-0.4, -0.2) is 251 Å². The number of hydrogen-bond donors (Lipinski definition) is 24. The van der Waals surface area contributed by atoms with Gasteiger partial charge in [0.15, 0.2) is 11.9 Å². The van der Waals surface area contributed by atoms with Crippen LogP contribution in [0.4, 0.5) is 0 Å². The topological polar surface area (TPSA) is 737 Å². The molecular formula is C65H112N24O18.